The number of aryl methyl sites for hydroxylation is 1. The molecule has 0 unspecified atom stereocenters. The molecule has 2 N–H and O–H groups in total. The first-order valence-corrected chi connectivity index (χ1v) is 8.28. The van der Waals surface area contributed by atoms with Crippen LogP contribution in [0, 0.1) is 0 Å². The minimum atomic E-state index is 0.619. The average Bonchev–Trinajstić information content (AvgIpc) is 2.99. The molecule has 23 heavy (non-hydrogen) atoms. The largest absolute Gasteiger partial charge is 0.382 e. The third-order valence-electron chi connectivity index (χ3n) is 3.13. The molecule has 0 saturated carbocycles. The number of guanidine groups is 1. The van der Waals surface area contributed by atoms with Gasteiger partial charge >= 0.3 is 0 Å². The van der Waals surface area contributed by atoms with Crippen LogP contribution in [0.2, 0.25) is 0 Å². The van der Waals surface area contributed by atoms with Crippen molar-refractivity contribution in [3.8, 4) is 0 Å². The first-order valence-electron chi connectivity index (χ1n) is 8.28. The zero-order chi connectivity index (χ0) is 16.9. The smallest absolute Gasteiger partial charge is 0.191 e. The van der Waals surface area contributed by atoms with E-state index in [1.165, 1.54) is 0 Å². The van der Waals surface area contributed by atoms with E-state index < -0.39 is 0 Å². The van der Waals surface area contributed by atoms with Gasteiger partial charge in [-0.2, -0.15) is 0 Å². The number of aromatic nitrogens is 3. The molecule has 0 aliphatic heterocycles. The number of rotatable bonds is 11. The summed E-state index contributed by atoms with van der Waals surface area (Å²) in [5, 5.41) is 14.7. The molecule has 0 atom stereocenters. The van der Waals surface area contributed by atoms with Gasteiger partial charge in [0, 0.05) is 39.3 Å². The minimum absolute atomic E-state index is 0.619. The molecule has 0 aliphatic rings. The zero-order valence-corrected chi connectivity index (χ0v) is 14.6. The third kappa shape index (κ3) is 8.35. The van der Waals surface area contributed by atoms with Gasteiger partial charge in [-0.15, -0.1) is 10.2 Å². The van der Waals surface area contributed by atoms with Gasteiger partial charge in [-0.25, -0.2) is 4.99 Å². The molecule has 1 rings (SSSR count). The van der Waals surface area contributed by atoms with E-state index >= 15 is 0 Å². The van der Waals surface area contributed by atoms with Gasteiger partial charge in [0.15, 0.2) is 5.96 Å². The van der Waals surface area contributed by atoms with E-state index in [1.54, 1.807) is 6.33 Å². The second kappa shape index (κ2) is 11.6. The van der Waals surface area contributed by atoms with Crippen LogP contribution in [0.25, 0.3) is 0 Å². The topological polar surface area (TPSA) is 76.4 Å². The maximum atomic E-state index is 5.34. The molecule has 0 aliphatic carbocycles. The highest BCUT2D eigenvalue weighted by molar-refractivity contribution is 5.79. The van der Waals surface area contributed by atoms with Crippen LogP contribution in [0.3, 0.4) is 0 Å². The van der Waals surface area contributed by atoms with Crippen LogP contribution in [0.5, 0.6) is 0 Å². The van der Waals surface area contributed by atoms with Crippen molar-refractivity contribution in [2.24, 2.45) is 4.99 Å². The summed E-state index contributed by atoms with van der Waals surface area (Å²) >= 11 is 0. The average molecular weight is 322 g/mol. The van der Waals surface area contributed by atoms with Crippen molar-refractivity contribution in [2.75, 3.05) is 32.8 Å². The van der Waals surface area contributed by atoms with E-state index in [-0.39, 0.29) is 0 Å². The van der Waals surface area contributed by atoms with Crippen LogP contribution in [0.15, 0.2) is 23.5 Å². The molecule has 1 heterocycles. The van der Waals surface area contributed by atoms with E-state index in [0.717, 1.165) is 63.0 Å². The van der Waals surface area contributed by atoms with Crippen molar-refractivity contribution in [1.29, 1.82) is 0 Å². The minimum Gasteiger partial charge on any atom is -0.382 e. The number of nitrogens with zero attached hydrogens (tertiary/aromatic N) is 4. The number of ether oxygens (including phenoxy) is 1. The first-order chi connectivity index (χ1) is 11.2. The van der Waals surface area contributed by atoms with E-state index in [1.807, 2.05) is 13.8 Å². The summed E-state index contributed by atoms with van der Waals surface area (Å²) in [7, 11) is 0. The van der Waals surface area contributed by atoms with Crippen molar-refractivity contribution in [3.63, 3.8) is 0 Å². The number of nitrogens with one attached hydrogen (secondary N) is 2. The second-order valence-electron chi connectivity index (χ2n) is 5.32. The van der Waals surface area contributed by atoms with Crippen molar-refractivity contribution < 1.29 is 4.74 Å². The molecule has 0 fully saturated rings. The predicted octanol–water partition coefficient (Wildman–Crippen LogP) is 1.38. The van der Waals surface area contributed by atoms with Crippen LogP contribution < -0.4 is 10.6 Å². The normalized spacial score (nSPS) is 11.5. The molecule has 0 spiro atoms. The fourth-order valence-electron chi connectivity index (χ4n) is 1.95. The molecule has 1 aromatic rings. The number of hydrogen-bond donors (Lipinski definition) is 2. The quantitative estimate of drug-likeness (QED) is 0.279. The van der Waals surface area contributed by atoms with E-state index in [9.17, 15) is 0 Å². The van der Waals surface area contributed by atoms with Crippen LogP contribution in [-0.4, -0.2) is 53.6 Å². The Morgan fingerprint density at radius 3 is 2.83 bits per heavy atom. The summed E-state index contributed by atoms with van der Waals surface area (Å²) in [4.78, 5) is 4.52. The SMILES string of the molecule is C=C(C)CN=C(NCCCOCC)NCCn1cnnc1CC. The van der Waals surface area contributed by atoms with Gasteiger partial charge < -0.3 is 19.9 Å². The monoisotopic (exact) mass is 322 g/mol. The molecule has 0 saturated heterocycles. The summed E-state index contributed by atoms with van der Waals surface area (Å²) in [5.74, 6) is 1.80. The Hall–Kier alpha value is -1.89. The Kier molecular flexibility index (Phi) is 9.70. The fraction of sp³-hybridized carbons (Fsp3) is 0.688. The van der Waals surface area contributed by atoms with Crippen LogP contribution in [0.4, 0.5) is 0 Å². The molecule has 0 amide bonds. The molecule has 1 aromatic heterocycles. The van der Waals surface area contributed by atoms with Crippen molar-refractivity contribution >= 4 is 5.96 Å². The maximum Gasteiger partial charge on any atom is 0.191 e. The van der Waals surface area contributed by atoms with Gasteiger partial charge in [0.2, 0.25) is 0 Å². The highest BCUT2D eigenvalue weighted by Gasteiger charge is 2.02. The Morgan fingerprint density at radius 2 is 2.13 bits per heavy atom. The molecule has 0 radical (unpaired) electrons. The maximum absolute atomic E-state index is 5.34. The molecular formula is C16H30N6O. The van der Waals surface area contributed by atoms with E-state index in [0.29, 0.717) is 6.54 Å². The van der Waals surface area contributed by atoms with Gasteiger partial charge in [0.1, 0.15) is 12.2 Å². The van der Waals surface area contributed by atoms with Crippen molar-refractivity contribution in [1.82, 2.24) is 25.4 Å². The van der Waals surface area contributed by atoms with Crippen LogP contribution >= 0.6 is 0 Å². The Bertz CT molecular complexity index is 483. The Balaban J connectivity index is 2.39. The molecular weight excluding hydrogens is 292 g/mol. The lowest BCUT2D eigenvalue weighted by Gasteiger charge is -2.13. The zero-order valence-electron chi connectivity index (χ0n) is 14.6. The van der Waals surface area contributed by atoms with Gasteiger partial charge in [-0.1, -0.05) is 19.1 Å². The van der Waals surface area contributed by atoms with Gasteiger partial charge in [-0.3, -0.25) is 0 Å². The van der Waals surface area contributed by atoms with Gasteiger partial charge in [0.25, 0.3) is 0 Å². The third-order valence-corrected chi connectivity index (χ3v) is 3.13. The van der Waals surface area contributed by atoms with E-state index in [2.05, 4.69) is 43.9 Å². The summed E-state index contributed by atoms with van der Waals surface area (Å²) in [5.41, 5.74) is 1.03. The molecule has 7 nitrogen and oxygen atoms in total. The standard InChI is InChI=1S/C16H30N6O/c1-5-15-21-20-13-22(15)10-9-18-16(19-12-14(3)4)17-8-7-11-23-6-2/h13H,3,5-12H2,1-2,4H3,(H2,17,18,19). The molecule has 130 valence electrons. The summed E-state index contributed by atoms with van der Waals surface area (Å²) in [6.45, 7) is 14.5. The van der Waals surface area contributed by atoms with Crippen molar-refractivity contribution in [3.05, 3.63) is 24.3 Å². The summed E-state index contributed by atoms with van der Waals surface area (Å²) < 4.78 is 7.39. The van der Waals surface area contributed by atoms with Crippen LogP contribution in [0.1, 0.15) is 33.0 Å². The Morgan fingerprint density at radius 1 is 1.35 bits per heavy atom. The van der Waals surface area contributed by atoms with E-state index in [4.69, 9.17) is 4.74 Å². The first kappa shape index (κ1) is 19.2. The van der Waals surface area contributed by atoms with Gasteiger partial charge in [0.05, 0.1) is 6.54 Å². The summed E-state index contributed by atoms with van der Waals surface area (Å²) in [6, 6.07) is 0. The second-order valence-corrected chi connectivity index (χ2v) is 5.32. The van der Waals surface area contributed by atoms with Gasteiger partial charge in [-0.05, 0) is 20.3 Å². The lowest BCUT2D eigenvalue weighted by atomic mass is 10.4. The lowest BCUT2D eigenvalue weighted by Crippen LogP contribution is -2.40. The number of hydrogen-bond acceptors (Lipinski definition) is 4. The molecule has 7 heteroatoms. The molecule has 0 aromatic carbocycles. The number of aliphatic imine (C=N–C) groups is 1. The predicted molar refractivity (Wildman–Crippen MR) is 93.6 cm³/mol. The summed E-state index contributed by atoms with van der Waals surface area (Å²) in [6.07, 6.45) is 3.60. The molecule has 0 bridgehead atoms. The van der Waals surface area contributed by atoms with Crippen LogP contribution in [-0.2, 0) is 17.7 Å². The highest BCUT2D eigenvalue weighted by Crippen LogP contribution is 1.95. The van der Waals surface area contributed by atoms with Crippen molar-refractivity contribution in [2.45, 2.75) is 40.2 Å². The Labute approximate surface area is 139 Å². The highest BCUT2D eigenvalue weighted by atomic mass is 16.5. The lowest BCUT2D eigenvalue weighted by molar-refractivity contribution is 0.145. The fourth-order valence-corrected chi connectivity index (χ4v) is 1.95.